The van der Waals surface area contributed by atoms with Crippen molar-refractivity contribution in [3.05, 3.63) is 54.2 Å². The van der Waals surface area contributed by atoms with Crippen LogP contribution in [0.3, 0.4) is 0 Å². The van der Waals surface area contributed by atoms with Crippen LogP contribution < -0.4 is 9.47 Å². The van der Waals surface area contributed by atoms with Gasteiger partial charge in [0.25, 0.3) is 0 Å². The second-order valence-electron chi connectivity index (χ2n) is 6.44. The quantitative estimate of drug-likeness (QED) is 0.505. The van der Waals surface area contributed by atoms with Crippen molar-refractivity contribution in [2.75, 3.05) is 6.61 Å². The standard InChI is InChI=1S/C21H21F3N2O3/c1-3-4-12-28-15-10-11-16(17(27)13-15)18-19(29-14-8-6-5-7-9-14)20(21(22,23)24)26(2)25-18/h5-11,13,27H,3-4,12H2,1-2H3. The minimum atomic E-state index is -4.69. The number of hydrogen-bond donors (Lipinski definition) is 1. The third-order valence-corrected chi connectivity index (χ3v) is 4.23. The molecule has 0 fully saturated rings. The van der Waals surface area contributed by atoms with E-state index >= 15 is 0 Å². The number of aryl methyl sites for hydroxylation is 1. The normalized spacial score (nSPS) is 11.5. The molecule has 0 amide bonds. The molecule has 3 aromatic rings. The minimum Gasteiger partial charge on any atom is -0.507 e. The number of nitrogens with zero attached hydrogens (tertiary/aromatic N) is 2. The maximum Gasteiger partial charge on any atom is 0.436 e. The molecule has 0 spiro atoms. The van der Waals surface area contributed by atoms with Crippen molar-refractivity contribution in [2.24, 2.45) is 7.05 Å². The Morgan fingerprint density at radius 2 is 1.79 bits per heavy atom. The molecule has 2 aromatic carbocycles. The fraction of sp³-hybridized carbons (Fsp3) is 0.286. The number of para-hydroxylation sites is 1. The first-order valence-electron chi connectivity index (χ1n) is 9.14. The minimum absolute atomic E-state index is 0.110. The summed E-state index contributed by atoms with van der Waals surface area (Å²) in [6, 6.07) is 12.5. The second kappa shape index (κ2) is 8.46. The Morgan fingerprint density at radius 3 is 2.41 bits per heavy atom. The van der Waals surface area contributed by atoms with Crippen LogP contribution in [0.5, 0.6) is 23.0 Å². The zero-order valence-electron chi connectivity index (χ0n) is 16.0. The molecule has 5 nitrogen and oxygen atoms in total. The van der Waals surface area contributed by atoms with Crippen LogP contribution in [0.2, 0.25) is 0 Å². The number of benzene rings is 2. The van der Waals surface area contributed by atoms with Crippen molar-refractivity contribution in [3.63, 3.8) is 0 Å². The molecule has 1 heterocycles. The number of phenolic OH excluding ortho intramolecular Hbond substituents is 1. The topological polar surface area (TPSA) is 56.5 Å². The third-order valence-electron chi connectivity index (χ3n) is 4.23. The van der Waals surface area contributed by atoms with Gasteiger partial charge in [-0.05, 0) is 30.7 Å². The molecule has 29 heavy (non-hydrogen) atoms. The SMILES string of the molecule is CCCCOc1ccc(-c2nn(C)c(C(F)(F)F)c2Oc2ccccc2)c(O)c1. The third kappa shape index (κ3) is 4.64. The first kappa shape index (κ1) is 20.6. The number of alkyl halides is 3. The highest BCUT2D eigenvalue weighted by Crippen LogP contribution is 2.45. The number of hydrogen-bond acceptors (Lipinski definition) is 4. The van der Waals surface area contributed by atoms with Crippen molar-refractivity contribution >= 4 is 0 Å². The van der Waals surface area contributed by atoms with Crippen LogP contribution in [0.15, 0.2) is 48.5 Å². The van der Waals surface area contributed by atoms with Gasteiger partial charge in [-0.2, -0.15) is 18.3 Å². The van der Waals surface area contributed by atoms with Crippen LogP contribution in [0.1, 0.15) is 25.5 Å². The van der Waals surface area contributed by atoms with Gasteiger partial charge in [0.15, 0.2) is 11.4 Å². The zero-order valence-corrected chi connectivity index (χ0v) is 16.0. The number of halogens is 3. The van der Waals surface area contributed by atoms with Crippen LogP contribution in [0.25, 0.3) is 11.3 Å². The molecule has 154 valence electrons. The molecule has 8 heteroatoms. The number of unbranched alkanes of at least 4 members (excludes halogenated alkanes) is 1. The smallest absolute Gasteiger partial charge is 0.436 e. The first-order chi connectivity index (χ1) is 13.8. The molecule has 0 atom stereocenters. The Labute approximate surface area is 166 Å². The average molecular weight is 406 g/mol. The van der Waals surface area contributed by atoms with E-state index in [1.54, 1.807) is 36.4 Å². The largest absolute Gasteiger partial charge is 0.507 e. The Morgan fingerprint density at radius 1 is 1.07 bits per heavy atom. The summed E-state index contributed by atoms with van der Waals surface area (Å²) in [6.45, 7) is 2.51. The van der Waals surface area contributed by atoms with E-state index in [1.807, 2.05) is 6.92 Å². The van der Waals surface area contributed by atoms with E-state index in [0.717, 1.165) is 12.8 Å². The fourth-order valence-electron chi connectivity index (χ4n) is 2.83. The number of ether oxygens (including phenoxy) is 2. The van der Waals surface area contributed by atoms with E-state index < -0.39 is 17.6 Å². The monoisotopic (exact) mass is 406 g/mol. The highest BCUT2D eigenvalue weighted by atomic mass is 19.4. The van der Waals surface area contributed by atoms with E-state index in [-0.39, 0.29) is 22.8 Å². The summed E-state index contributed by atoms with van der Waals surface area (Å²) in [6.07, 6.45) is -2.88. The lowest BCUT2D eigenvalue weighted by Gasteiger charge is -2.12. The summed E-state index contributed by atoms with van der Waals surface area (Å²) >= 11 is 0. The molecule has 1 N–H and O–H groups in total. The van der Waals surface area contributed by atoms with Gasteiger partial charge in [-0.1, -0.05) is 31.5 Å². The van der Waals surface area contributed by atoms with E-state index in [4.69, 9.17) is 9.47 Å². The molecule has 0 bridgehead atoms. The predicted molar refractivity (Wildman–Crippen MR) is 102 cm³/mol. The lowest BCUT2D eigenvalue weighted by Crippen LogP contribution is -2.12. The molecule has 0 aliphatic carbocycles. The second-order valence-corrected chi connectivity index (χ2v) is 6.44. The van der Waals surface area contributed by atoms with Gasteiger partial charge in [0.1, 0.15) is 22.9 Å². The van der Waals surface area contributed by atoms with E-state index in [2.05, 4.69) is 5.10 Å². The van der Waals surface area contributed by atoms with Gasteiger partial charge in [0.05, 0.1) is 6.61 Å². The van der Waals surface area contributed by atoms with Gasteiger partial charge in [0, 0.05) is 18.7 Å². The summed E-state index contributed by atoms with van der Waals surface area (Å²) in [4.78, 5) is 0. The summed E-state index contributed by atoms with van der Waals surface area (Å²) in [5.41, 5.74) is -1.04. The molecule has 0 saturated carbocycles. The van der Waals surface area contributed by atoms with Crippen LogP contribution in [0, 0.1) is 0 Å². The Bertz CT molecular complexity index is 969. The lowest BCUT2D eigenvalue weighted by molar-refractivity contribution is -0.144. The lowest BCUT2D eigenvalue weighted by atomic mass is 10.1. The van der Waals surface area contributed by atoms with Gasteiger partial charge in [-0.15, -0.1) is 0 Å². The van der Waals surface area contributed by atoms with Crippen LogP contribution in [0.4, 0.5) is 13.2 Å². The van der Waals surface area contributed by atoms with E-state index in [9.17, 15) is 18.3 Å². The van der Waals surface area contributed by atoms with Gasteiger partial charge in [-0.3, -0.25) is 4.68 Å². The van der Waals surface area contributed by atoms with Crippen molar-refractivity contribution in [2.45, 2.75) is 25.9 Å². The number of rotatable bonds is 7. The van der Waals surface area contributed by atoms with Crippen molar-refractivity contribution in [1.82, 2.24) is 9.78 Å². The van der Waals surface area contributed by atoms with Crippen LogP contribution >= 0.6 is 0 Å². The van der Waals surface area contributed by atoms with E-state index in [1.165, 1.54) is 19.2 Å². The predicted octanol–water partition coefficient (Wildman–Crippen LogP) is 5.78. The molecule has 1 aromatic heterocycles. The molecular weight excluding hydrogens is 385 g/mol. The number of aromatic nitrogens is 2. The summed E-state index contributed by atoms with van der Waals surface area (Å²) in [5, 5.41) is 14.4. The van der Waals surface area contributed by atoms with Gasteiger partial charge >= 0.3 is 6.18 Å². The molecule has 3 rings (SSSR count). The molecule has 0 aliphatic rings. The maximum atomic E-state index is 13.7. The van der Waals surface area contributed by atoms with Gasteiger partial charge in [-0.25, -0.2) is 0 Å². The van der Waals surface area contributed by atoms with Crippen molar-refractivity contribution in [1.29, 1.82) is 0 Å². The van der Waals surface area contributed by atoms with Gasteiger partial charge < -0.3 is 14.6 Å². The Kier molecular flexibility index (Phi) is 6.00. The summed E-state index contributed by atoms with van der Waals surface area (Å²) in [5.74, 6) is -0.0617. The number of phenols is 1. The van der Waals surface area contributed by atoms with Crippen molar-refractivity contribution in [3.8, 4) is 34.3 Å². The van der Waals surface area contributed by atoms with Crippen LogP contribution in [-0.2, 0) is 13.2 Å². The van der Waals surface area contributed by atoms with Crippen LogP contribution in [-0.4, -0.2) is 21.5 Å². The molecular formula is C21H21F3N2O3. The Balaban J connectivity index is 2.05. The van der Waals surface area contributed by atoms with Gasteiger partial charge in [0.2, 0.25) is 0 Å². The maximum absolute atomic E-state index is 13.7. The molecule has 0 aliphatic heterocycles. The molecule has 0 unspecified atom stereocenters. The molecule has 0 radical (unpaired) electrons. The Hall–Kier alpha value is -3.16. The average Bonchev–Trinajstić information content (AvgIpc) is 2.99. The zero-order chi connectivity index (χ0) is 21.0. The summed E-state index contributed by atoms with van der Waals surface area (Å²) < 4.78 is 52.8. The molecule has 0 saturated heterocycles. The highest BCUT2D eigenvalue weighted by molar-refractivity contribution is 5.74. The fourth-order valence-corrected chi connectivity index (χ4v) is 2.83. The van der Waals surface area contributed by atoms with E-state index in [0.29, 0.717) is 17.0 Å². The first-order valence-corrected chi connectivity index (χ1v) is 9.14. The number of aromatic hydroxyl groups is 1. The van der Waals surface area contributed by atoms with Crippen molar-refractivity contribution < 1.29 is 27.8 Å². The summed E-state index contributed by atoms with van der Waals surface area (Å²) in [7, 11) is 1.18. The highest BCUT2D eigenvalue weighted by Gasteiger charge is 2.41.